The summed E-state index contributed by atoms with van der Waals surface area (Å²) in [6.07, 6.45) is 1.92. The molecule has 1 fully saturated rings. The number of hydrogen-bond acceptors (Lipinski definition) is 7. The van der Waals surface area contributed by atoms with E-state index in [9.17, 15) is 15.3 Å². The van der Waals surface area contributed by atoms with Gasteiger partial charge in [0.05, 0.1) is 18.2 Å². The quantitative estimate of drug-likeness (QED) is 0.697. The largest absolute Gasteiger partial charge is 0.341 e. The number of nitrogens with zero attached hydrogens (tertiary/aromatic N) is 7. The van der Waals surface area contributed by atoms with E-state index in [2.05, 4.69) is 20.9 Å². The van der Waals surface area contributed by atoms with Gasteiger partial charge in [-0.1, -0.05) is 18.2 Å². The molecule has 1 atom stereocenters. The number of fused-ring (bicyclic) bond motifs is 1. The maximum absolute atomic E-state index is 13.4. The molecule has 152 valence electrons. The molecule has 0 spiro atoms. The van der Waals surface area contributed by atoms with Gasteiger partial charge in [0.15, 0.2) is 11.2 Å². The van der Waals surface area contributed by atoms with E-state index in [-0.39, 0.29) is 29.6 Å². The molecule has 1 aromatic carbocycles. The lowest BCUT2D eigenvalue weighted by molar-refractivity contribution is 0.494. The highest BCUT2D eigenvalue weighted by Gasteiger charge is 2.25. The van der Waals surface area contributed by atoms with Gasteiger partial charge in [0.1, 0.15) is 6.07 Å². The molecule has 1 aliphatic rings. The minimum absolute atomic E-state index is 0.0251. The van der Waals surface area contributed by atoms with Crippen molar-refractivity contribution in [3.63, 3.8) is 0 Å². The lowest BCUT2D eigenvalue weighted by atomic mass is 10.1. The summed E-state index contributed by atoms with van der Waals surface area (Å²) in [6.45, 7) is 4.05. The second-order valence-electron chi connectivity index (χ2n) is 7.38. The summed E-state index contributed by atoms with van der Waals surface area (Å²) < 4.78 is 3.16. The van der Waals surface area contributed by atoms with Crippen LogP contribution >= 0.6 is 0 Å². The van der Waals surface area contributed by atoms with E-state index in [1.807, 2.05) is 17.6 Å². The minimum atomic E-state index is -0.341. The Morgan fingerprint density at radius 1 is 1.20 bits per heavy atom. The third kappa shape index (κ3) is 3.30. The fraction of sp³-hybridized carbons (Fsp3) is 0.381. The van der Waals surface area contributed by atoms with Gasteiger partial charge in [0, 0.05) is 25.7 Å². The van der Waals surface area contributed by atoms with Crippen LogP contribution in [0.3, 0.4) is 0 Å². The van der Waals surface area contributed by atoms with E-state index in [1.54, 1.807) is 24.3 Å². The number of hydrogen-bond donors (Lipinski definition) is 1. The maximum atomic E-state index is 13.4. The van der Waals surface area contributed by atoms with Crippen LogP contribution in [-0.2, 0) is 13.1 Å². The molecule has 4 rings (SSSR count). The molecule has 2 N–H and O–H groups in total. The molecule has 0 radical (unpaired) electrons. The molecule has 0 bridgehead atoms. The second-order valence-corrected chi connectivity index (χ2v) is 7.38. The fourth-order valence-electron chi connectivity index (χ4n) is 4.00. The highest BCUT2D eigenvalue weighted by atomic mass is 16.1. The molecule has 0 amide bonds. The van der Waals surface area contributed by atoms with Gasteiger partial charge in [0.2, 0.25) is 11.8 Å². The van der Waals surface area contributed by atoms with Crippen molar-refractivity contribution in [3.8, 4) is 12.1 Å². The summed E-state index contributed by atoms with van der Waals surface area (Å²) in [6, 6.07) is 11.2. The average molecular weight is 402 g/mol. The van der Waals surface area contributed by atoms with Crippen LogP contribution in [0.4, 0.5) is 5.95 Å². The monoisotopic (exact) mass is 402 g/mol. The molecule has 30 heavy (non-hydrogen) atoms. The van der Waals surface area contributed by atoms with Crippen LogP contribution in [0.15, 0.2) is 29.1 Å². The van der Waals surface area contributed by atoms with Crippen LogP contribution in [0.25, 0.3) is 11.2 Å². The van der Waals surface area contributed by atoms with Crippen molar-refractivity contribution >= 4 is 17.1 Å². The number of imidazole rings is 1. The number of benzene rings is 1. The number of rotatable bonds is 4. The molecule has 0 aliphatic carbocycles. The van der Waals surface area contributed by atoms with Crippen LogP contribution in [-0.4, -0.2) is 38.2 Å². The van der Waals surface area contributed by atoms with Crippen molar-refractivity contribution in [2.45, 2.75) is 38.9 Å². The van der Waals surface area contributed by atoms with E-state index in [0.717, 1.165) is 19.4 Å². The van der Waals surface area contributed by atoms with Gasteiger partial charge in [-0.05, 0) is 31.4 Å². The maximum Gasteiger partial charge on any atom is 0.280 e. The molecule has 1 saturated heterocycles. The Hall–Kier alpha value is -3.69. The van der Waals surface area contributed by atoms with Crippen LogP contribution in [0.2, 0.25) is 0 Å². The Balaban J connectivity index is 1.88. The van der Waals surface area contributed by atoms with Crippen molar-refractivity contribution in [1.29, 1.82) is 10.5 Å². The zero-order valence-corrected chi connectivity index (χ0v) is 16.7. The fourth-order valence-corrected chi connectivity index (χ4v) is 4.00. The summed E-state index contributed by atoms with van der Waals surface area (Å²) in [5.74, 6) is 0.634. The van der Waals surface area contributed by atoms with E-state index in [1.165, 1.54) is 4.57 Å². The van der Waals surface area contributed by atoms with Crippen molar-refractivity contribution in [2.75, 3.05) is 18.0 Å². The Kier molecular flexibility index (Phi) is 5.21. The van der Waals surface area contributed by atoms with Crippen molar-refractivity contribution < 1.29 is 0 Å². The van der Waals surface area contributed by atoms with Gasteiger partial charge in [-0.25, -0.2) is 0 Å². The van der Waals surface area contributed by atoms with Gasteiger partial charge in [-0.3, -0.25) is 9.36 Å². The smallest absolute Gasteiger partial charge is 0.280 e. The first-order valence-corrected chi connectivity index (χ1v) is 9.97. The summed E-state index contributed by atoms with van der Waals surface area (Å²) in [4.78, 5) is 24.5. The van der Waals surface area contributed by atoms with Gasteiger partial charge in [-0.2, -0.15) is 20.5 Å². The minimum Gasteiger partial charge on any atom is -0.341 e. The van der Waals surface area contributed by atoms with E-state index in [0.29, 0.717) is 35.7 Å². The Morgan fingerprint density at radius 3 is 2.70 bits per heavy atom. The summed E-state index contributed by atoms with van der Waals surface area (Å²) in [5.41, 5.74) is 7.53. The first-order chi connectivity index (χ1) is 14.6. The lowest BCUT2D eigenvalue weighted by Gasteiger charge is -2.31. The highest BCUT2D eigenvalue weighted by Crippen LogP contribution is 2.23. The van der Waals surface area contributed by atoms with Crippen molar-refractivity contribution in [2.24, 2.45) is 5.73 Å². The Labute approximate surface area is 173 Å². The van der Waals surface area contributed by atoms with Crippen LogP contribution in [0, 0.1) is 22.7 Å². The van der Waals surface area contributed by atoms with Gasteiger partial charge >= 0.3 is 0 Å². The van der Waals surface area contributed by atoms with E-state index in [4.69, 9.17) is 5.73 Å². The van der Waals surface area contributed by atoms with Crippen LogP contribution < -0.4 is 16.2 Å². The van der Waals surface area contributed by atoms with Gasteiger partial charge in [-0.15, -0.1) is 0 Å². The SMILES string of the molecule is CCn1c(N2CCCC(N)C2)nc2nc(C#N)n(Cc3ccccc3C#N)c(=O)c21. The average Bonchev–Trinajstić information content (AvgIpc) is 3.14. The molecule has 9 nitrogen and oxygen atoms in total. The number of nitrogens with two attached hydrogens (primary N) is 1. The molecular weight excluding hydrogens is 380 g/mol. The lowest BCUT2D eigenvalue weighted by Crippen LogP contribution is -2.44. The van der Waals surface area contributed by atoms with E-state index >= 15 is 0 Å². The second kappa shape index (κ2) is 7.97. The number of piperidine rings is 1. The third-order valence-electron chi connectivity index (χ3n) is 5.47. The highest BCUT2D eigenvalue weighted by molar-refractivity contribution is 5.74. The predicted molar refractivity (Wildman–Crippen MR) is 112 cm³/mol. The number of nitriles is 2. The summed E-state index contributed by atoms with van der Waals surface area (Å²) >= 11 is 0. The third-order valence-corrected chi connectivity index (χ3v) is 5.47. The van der Waals surface area contributed by atoms with Crippen molar-refractivity contribution in [1.82, 2.24) is 19.1 Å². The molecular formula is C21H22N8O. The standard InChI is InChI=1S/C21H22N8O/c1-2-28-18-19(26-21(28)27-9-5-8-16(24)13-27)25-17(11-23)29(20(18)30)12-15-7-4-3-6-14(15)10-22/h3-4,6-7,16H,2,5,8-9,12-13,24H2,1H3. The molecule has 3 heterocycles. The summed E-state index contributed by atoms with van der Waals surface area (Å²) in [5, 5.41) is 19.0. The molecule has 3 aromatic rings. The number of aromatic nitrogens is 4. The Morgan fingerprint density at radius 2 is 2.00 bits per heavy atom. The van der Waals surface area contributed by atoms with E-state index < -0.39 is 0 Å². The Bertz CT molecular complexity index is 1240. The zero-order chi connectivity index (χ0) is 21.3. The summed E-state index contributed by atoms with van der Waals surface area (Å²) in [7, 11) is 0. The topological polar surface area (TPSA) is 130 Å². The molecule has 0 saturated carbocycles. The molecule has 2 aromatic heterocycles. The van der Waals surface area contributed by atoms with Gasteiger partial charge in [0.25, 0.3) is 5.56 Å². The number of aryl methyl sites for hydroxylation is 1. The molecule has 1 unspecified atom stereocenters. The first kappa shape index (κ1) is 19.6. The van der Waals surface area contributed by atoms with Crippen LogP contribution in [0.5, 0.6) is 0 Å². The first-order valence-electron chi connectivity index (χ1n) is 9.97. The van der Waals surface area contributed by atoms with Crippen LogP contribution in [0.1, 0.15) is 36.7 Å². The molecule has 9 heteroatoms. The normalized spacial score (nSPS) is 16.4. The van der Waals surface area contributed by atoms with Gasteiger partial charge < -0.3 is 15.2 Å². The molecule has 1 aliphatic heterocycles. The predicted octanol–water partition coefficient (Wildman–Crippen LogP) is 1.33. The number of anilines is 1. The zero-order valence-electron chi connectivity index (χ0n) is 16.7. The van der Waals surface area contributed by atoms with Crippen molar-refractivity contribution in [3.05, 3.63) is 51.6 Å².